The fourth-order valence-corrected chi connectivity index (χ4v) is 2.57. The molecule has 1 saturated heterocycles. The lowest BCUT2D eigenvalue weighted by atomic mass is 9.81. The van der Waals surface area contributed by atoms with E-state index in [4.69, 9.17) is 14.0 Å². The highest BCUT2D eigenvalue weighted by molar-refractivity contribution is 5.91. The standard InChI is InChI=1S/C14H22N2O4/c1-14(2,3)12-9(5-6-19-12)8-15-13(17)10-7-11(18-4)16-20-10/h7,9,12H,5-6,8H2,1-4H3,(H,15,17)/t9-,12+/m1/s1. The van der Waals surface area contributed by atoms with E-state index in [1.54, 1.807) is 0 Å². The van der Waals surface area contributed by atoms with Gasteiger partial charge in [-0.3, -0.25) is 4.79 Å². The van der Waals surface area contributed by atoms with Gasteiger partial charge in [0.1, 0.15) is 0 Å². The molecule has 6 nitrogen and oxygen atoms in total. The van der Waals surface area contributed by atoms with Crippen molar-refractivity contribution in [1.82, 2.24) is 10.5 Å². The van der Waals surface area contributed by atoms with Crippen LogP contribution in [0.15, 0.2) is 10.6 Å². The summed E-state index contributed by atoms with van der Waals surface area (Å²) in [6.07, 6.45) is 1.12. The number of methoxy groups -OCH3 is 1. The summed E-state index contributed by atoms with van der Waals surface area (Å²) in [5, 5.41) is 6.48. The average Bonchev–Trinajstić information content (AvgIpc) is 3.03. The van der Waals surface area contributed by atoms with Gasteiger partial charge in [0, 0.05) is 19.1 Å². The monoisotopic (exact) mass is 282 g/mol. The Bertz CT molecular complexity index is 464. The van der Waals surface area contributed by atoms with E-state index in [2.05, 4.69) is 31.2 Å². The first-order valence-corrected chi connectivity index (χ1v) is 6.82. The molecule has 2 atom stereocenters. The zero-order valence-corrected chi connectivity index (χ0v) is 12.4. The van der Waals surface area contributed by atoms with Crippen molar-refractivity contribution in [2.24, 2.45) is 11.3 Å². The van der Waals surface area contributed by atoms with Crippen LogP contribution >= 0.6 is 0 Å². The first-order chi connectivity index (χ1) is 9.41. The largest absolute Gasteiger partial charge is 0.479 e. The second-order valence-electron chi connectivity index (χ2n) is 6.15. The van der Waals surface area contributed by atoms with Gasteiger partial charge in [0.05, 0.1) is 19.3 Å². The van der Waals surface area contributed by atoms with E-state index in [1.165, 1.54) is 13.2 Å². The molecule has 0 unspecified atom stereocenters. The van der Waals surface area contributed by atoms with Crippen LogP contribution < -0.4 is 10.1 Å². The van der Waals surface area contributed by atoms with E-state index in [-0.39, 0.29) is 23.2 Å². The Morgan fingerprint density at radius 2 is 2.30 bits per heavy atom. The summed E-state index contributed by atoms with van der Waals surface area (Å²) in [6.45, 7) is 7.78. The predicted octanol–water partition coefficient (Wildman–Crippen LogP) is 1.86. The highest BCUT2D eigenvalue weighted by atomic mass is 16.5. The van der Waals surface area contributed by atoms with Gasteiger partial charge in [0.2, 0.25) is 5.76 Å². The van der Waals surface area contributed by atoms with Crippen molar-refractivity contribution in [2.75, 3.05) is 20.3 Å². The summed E-state index contributed by atoms with van der Waals surface area (Å²) in [5.41, 5.74) is 0.0708. The van der Waals surface area contributed by atoms with Gasteiger partial charge in [-0.2, -0.15) is 0 Å². The maximum absolute atomic E-state index is 11.9. The third-order valence-electron chi connectivity index (χ3n) is 3.51. The Kier molecular flexibility index (Phi) is 4.32. The maximum atomic E-state index is 11.9. The lowest BCUT2D eigenvalue weighted by Gasteiger charge is -2.31. The van der Waals surface area contributed by atoms with Gasteiger partial charge in [-0.25, -0.2) is 0 Å². The Hall–Kier alpha value is -1.56. The molecule has 1 fully saturated rings. The number of amides is 1. The van der Waals surface area contributed by atoms with Crippen molar-refractivity contribution < 1.29 is 18.8 Å². The zero-order chi connectivity index (χ0) is 14.8. The number of carbonyl (C=O) groups is 1. The van der Waals surface area contributed by atoms with Gasteiger partial charge in [0.25, 0.3) is 11.8 Å². The fraction of sp³-hybridized carbons (Fsp3) is 0.714. The molecule has 0 bridgehead atoms. The van der Waals surface area contributed by atoms with Crippen molar-refractivity contribution in [3.05, 3.63) is 11.8 Å². The summed E-state index contributed by atoms with van der Waals surface area (Å²) in [4.78, 5) is 11.9. The van der Waals surface area contributed by atoms with Crippen LogP contribution in [0.3, 0.4) is 0 Å². The molecule has 1 aromatic rings. The summed E-state index contributed by atoms with van der Waals surface area (Å²) < 4.78 is 15.6. The molecule has 0 radical (unpaired) electrons. The zero-order valence-electron chi connectivity index (χ0n) is 12.4. The van der Waals surface area contributed by atoms with Gasteiger partial charge in [-0.1, -0.05) is 20.8 Å². The van der Waals surface area contributed by atoms with Crippen molar-refractivity contribution in [1.29, 1.82) is 0 Å². The number of hydrogen-bond acceptors (Lipinski definition) is 5. The minimum atomic E-state index is -0.277. The minimum absolute atomic E-state index is 0.0708. The molecule has 2 rings (SSSR count). The second-order valence-corrected chi connectivity index (χ2v) is 6.15. The van der Waals surface area contributed by atoms with Crippen LogP contribution in [-0.4, -0.2) is 37.4 Å². The molecule has 1 aliphatic heterocycles. The van der Waals surface area contributed by atoms with Gasteiger partial charge in [-0.15, -0.1) is 0 Å². The molecule has 6 heteroatoms. The first-order valence-electron chi connectivity index (χ1n) is 6.82. The Morgan fingerprint density at radius 3 is 2.90 bits per heavy atom. The smallest absolute Gasteiger partial charge is 0.290 e. The van der Waals surface area contributed by atoms with Crippen molar-refractivity contribution in [2.45, 2.75) is 33.3 Å². The molecular formula is C14H22N2O4. The highest BCUT2D eigenvalue weighted by Crippen LogP contribution is 2.34. The molecule has 20 heavy (non-hydrogen) atoms. The normalized spacial score (nSPS) is 22.8. The van der Waals surface area contributed by atoms with E-state index in [0.29, 0.717) is 18.3 Å². The number of hydrogen-bond donors (Lipinski definition) is 1. The van der Waals surface area contributed by atoms with Crippen LogP contribution in [0.2, 0.25) is 0 Å². The lowest BCUT2D eigenvalue weighted by Crippen LogP contribution is -2.38. The number of carbonyl (C=O) groups excluding carboxylic acids is 1. The molecule has 0 spiro atoms. The van der Waals surface area contributed by atoms with Gasteiger partial charge >= 0.3 is 0 Å². The topological polar surface area (TPSA) is 73.6 Å². The van der Waals surface area contributed by atoms with Crippen molar-refractivity contribution in [3.8, 4) is 5.88 Å². The molecule has 1 N–H and O–H groups in total. The Balaban J connectivity index is 1.90. The molecular weight excluding hydrogens is 260 g/mol. The molecule has 112 valence electrons. The lowest BCUT2D eigenvalue weighted by molar-refractivity contribution is 0.00730. The van der Waals surface area contributed by atoms with E-state index in [9.17, 15) is 4.79 Å². The second kappa shape index (κ2) is 5.83. The van der Waals surface area contributed by atoms with Crippen molar-refractivity contribution >= 4 is 5.91 Å². The SMILES string of the molecule is COc1cc(C(=O)NC[C@H]2CCO[C@@H]2C(C)(C)C)on1. The van der Waals surface area contributed by atoms with E-state index in [0.717, 1.165) is 13.0 Å². The van der Waals surface area contributed by atoms with Crippen LogP contribution in [0, 0.1) is 11.3 Å². The van der Waals surface area contributed by atoms with Crippen LogP contribution in [0.5, 0.6) is 5.88 Å². The maximum Gasteiger partial charge on any atom is 0.290 e. The van der Waals surface area contributed by atoms with Crippen LogP contribution in [-0.2, 0) is 4.74 Å². The number of rotatable bonds is 4. The molecule has 0 aliphatic carbocycles. The number of aromatic nitrogens is 1. The van der Waals surface area contributed by atoms with Gasteiger partial charge in [-0.05, 0) is 17.0 Å². The molecule has 1 aliphatic rings. The van der Waals surface area contributed by atoms with Crippen LogP contribution in [0.4, 0.5) is 0 Å². The number of ether oxygens (including phenoxy) is 2. The van der Waals surface area contributed by atoms with Crippen LogP contribution in [0.25, 0.3) is 0 Å². The van der Waals surface area contributed by atoms with E-state index >= 15 is 0 Å². The molecule has 0 aromatic carbocycles. The average molecular weight is 282 g/mol. The Labute approximate surface area is 118 Å². The highest BCUT2D eigenvalue weighted by Gasteiger charge is 2.37. The molecule has 2 heterocycles. The van der Waals surface area contributed by atoms with E-state index < -0.39 is 0 Å². The molecule has 0 saturated carbocycles. The van der Waals surface area contributed by atoms with Crippen molar-refractivity contribution in [3.63, 3.8) is 0 Å². The summed E-state index contributed by atoms with van der Waals surface area (Å²) in [6, 6.07) is 1.47. The van der Waals surface area contributed by atoms with Gasteiger partial charge < -0.3 is 19.3 Å². The molecule has 1 amide bonds. The summed E-state index contributed by atoms with van der Waals surface area (Å²) >= 11 is 0. The number of nitrogens with one attached hydrogen (secondary N) is 1. The minimum Gasteiger partial charge on any atom is -0.479 e. The quantitative estimate of drug-likeness (QED) is 0.912. The first kappa shape index (κ1) is 14.8. The Morgan fingerprint density at radius 1 is 1.55 bits per heavy atom. The number of nitrogens with zero attached hydrogens (tertiary/aromatic N) is 1. The van der Waals surface area contributed by atoms with Crippen LogP contribution in [0.1, 0.15) is 37.7 Å². The molecule has 1 aromatic heterocycles. The summed E-state index contributed by atoms with van der Waals surface area (Å²) in [7, 11) is 1.48. The fourth-order valence-electron chi connectivity index (χ4n) is 2.57. The third-order valence-corrected chi connectivity index (χ3v) is 3.51. The third kappa shape index (κ3) is 3.30. The van der Waals surface area contributed by atoms with E-state index in [1.807, 2.05) is 0 Å². The predicted molar refractivity (Wildman–Crippen MR) is 72.7 cm³/mol. The van der Waals surface area contributed by atoms with Gasteiger partial charge in [0.15, 0.2) is 0 Å². The summed E-state index contributed by atoms with van der Waals surface area (Å²) in [5.74, 6) is 0.504.